The van der Waals surface area contributed by atoms with Crippen LogP contribution in [-0.2, 0) is 11.3 Å². The van der Waals surface area contributed by atoms with E-state index in [2.05, 4.69) is 55.4 Å². The predicted octanol–water partition coefficient (Wildman–Crippen LogP) is 2.66. The van der Waals surface area contributed by atoms with Crippen molar-refractivity contribution >= 4 is 5.69 Å². The molecule has 1 aromatic carbocycles. The van der Waals surface area contributed by atoms with Crippen LogP contribution in [-0.4, -0.2) is 33.4 Å². The summed E-state index contributed by atoms with van der Waals surface area (Å²) in [6.07, 6.45) is 1.15. The second-order valence-electron chi connectivity index (χ2n) is 4.67. The van der Waals surface area contributed by atoms with Crippen molar-refractivity contribution < 1.29 is 4.74 Å². The van der Waals surface area contributed by atoms with Crippen LogP contribution in [0.3, 0.4) is 0 Å². The fraction of sp³-hybridized carbons (Fsp3) is 0.600. The Morgan fingerprint density at radius 2 is 2.06 bits per heavy atom. The van der Waals surface area contributed by atoms with E-state index in [-0.39, 0.29) is 0 Å². The summed E-state index contributed by atoms with van der Waals surface area (Å²) in [7, 11) is 3.90. The highest BCUT2D eigenvalue weighted by atomic mass is 16.5. The van der Waals surface area contributed by atoms with E-state index in [9.17, 15) is 0 Å². The van der Waals surface area contributed by atoms with E-state index in [0.717, 1.165) is 26.1 Å². The second kappa shape index (κ2) is 8.11. The van der Waals surface area contributed by atoms with E-state index in [1.807, 2.05) is 0 Å². The first-order valence-corrected chi connectivity index (χ1v) is 6.71. The van der Waals surface area contributed by atoms with Crippen molar-refractivity contribution in [3.05, 3.63) is 29.8 Å². The summed E-state index contributed by atoms with van der Waals surface area (Å²) < 4.78 is 5.04. The molecule has 0 aliphatic rings. The molecule has 1 N–H and O–H groups in total. The molecule has 0 aliphatic carbocycles. The summed E-state index contributed by atoms with van der Waals surface area (Å²) in [6, 6.07) is 9.15. The van der Waals surface area contributed by atoms with Crippen molar-refractivity contribution in [2.75, 3.05) is 32.2 Å². The van der Waals surface area contributed by atoms with Gasteiger partial charge in [0.2, 0.25) is 0 Å². The van der Waals surface area contributed by atoms with Gasteiger partial charge in [-0.05, 0) is 25.0 Å². The Labute approximate surface area is 111 Å². The normalized spacial score (nSPS) is 12.4. The average Bonchev–Trinajstić information content (AvgIpc) is 2.42. The molecule has 1 atom stereocenters. The Bertz CT molecular complexity index is 341. The molecule has 0 radical (unpaired) electrons. The topological polar surface area (TPSA) is 24.5 Å². The lowest BCUT2D eigenvalue weighted by Gasteiger charge is -2.28. The highest BCUT2D eigenvalue weighted by Gasteiger charge is 2.11. The summed E-state index contributed by atoms with van der Waals surface area (Å²) in [5.74, 6) is 0. The molecule has 0 amide bonds. The number of para-hydroxylation sites is 1. The summed E-state index contributed by atoms with van der Waals surface area (Å²) in [5, 5.41) is 3.40. The van der Waals surface area contributed by atoms with Gasteiger partial charge in [-0.2, -0.15) is 0 Å². The summed E-state index contributed by atoms with van der Waals surface area (Å²) in [5.41, 5.74) is 2.66. The van der Waals surface area contributed by atoms with E-state index in [1.54, 1.807) is 7.11 Å². The largest absolute Gasteiger partial charge is 0.383 e. The zero-order valence-electron chi connectivity index (χ0n) is 12.1. The fourth-order valence-corrected chi connectivity index (χ4v) is 1.91. The maximum Gasteiger partial charge on any atom is 0.0587 e. The van der Waals surface area contributed by atoms with Gasteiger partial charge in [-0.25, -0.2) is 0 Å². The van der Waals surface area contributed by atoms with Gasteiger partial charge in [-0.15, -0.1) is 0 Å². The van der Waals surface area contributed by atoms with E-state index < -0.39 is 0 Å². The quantitative estimate of drug-likeness (QED) is 0.718. The smallest absolute Gasteiger partial charge is 0.0587 e. The van der Waals surface area contributed by atoms with E-state index in [1.165, 1.54) is 11.3 Å². The molecule has 0 spiro atoms. The molecule has 0 aliphatic heterocycles. The number of nitrogens with one attached hydrogen (secondary N) is 1. The van der Waals surface area contributed by atoms with Gasteiger partial charge in [-0.1, -0.05) is 25.1 Å². The molecule has 0 aromatic heterocycles. The van der Waals surface area contributed by atoms with Crippen molar-refractivity contribution in [3.63, 3.8) is 0 Å². The third kappa shape index (κ3) is 4.31. The first-order valence-electron chi connectivity index (χ1n) is 6.71. The van der Waals surface area contributed by atoms with Gasteiger partial charge in [0.25, 0.3) is 0 Å². The molecular formula is C15H26N2O. The van der Waals surface area contributed by atoms with Crippen LogP contribution in [0.1, 0.15) is 25.8 Å². The van der Waals surface area contributed by atoms with E-state index in [0.29, 0.717) is 6.04 Å². The maximum atomic E-state index is 5.04. The van der Waals surface area contributed by atoms with Crippen molar-refractivity contribution in [1.82, 2.24) is 5.32 Å². The molecule has 3 nitrogen and oxygen atoms in total. The number of anilines is 1. The monoisotopic (exact) mass is 250 g/mol. The van der Waals surface area contributed by atoms with Crippen LogP contribution in [0.15, 0.2) is 24.3 Å². The van der Waals surface area contributed by atoms with Crippen LogP contribution in [0, 0.1) is 0 Å². The van der Waals surface area contributed by atoms with Crippen LogP contribution in [0.4, 0.5) is 5.69 Å². The van der Waals surface area contributed by atoms with Crippen molar-refractivity contribution in [3.8, 4) is 0 Å². The fourth-order valence-electron chi connectivity index (χ4n) is 1.91. The number of nitrogens with zero attached hydrogens (tertiary/aromatic N) is 1. The highest BCUT2D eigenvalue weighted by Crippen LogP contribution is 2.21. The molecule has 0 heterocycles. The van der Waals surface area contributed by atoms with Gasteiger partial charge >= 0.3 is 0 Å². The molecule has 1 aromatic rings. The lowest BCUT2D eigenvalue weighted by molar-refractivity contribution is 0.199. The van der Waals surface area contributed by atoms with Crippen LogP contribution < -0.4 is 10.2 Å². The second-order valence-corrected chi connectivity index (χ2v) is 4.67. The van der Waals surface area contributed by atoms with Gasteiger partial charge in [-0.3, -0.25) is 0 Å². The minimum absolute atomic E-state index is 0.560. The lowest BCUT2D eigenvalue weighted by atomic mass is 10.1. The van der Waals surface area contributed by atoms with E-state index >= 15 is 0 Å². The van der Waals surface area contributed by atoms with Gasteiger partial charge in [0.05, 0.1) is 6.61 Å². The average molecular weight is 250 g/mol. The maximum absolute atomic E-state index is 5.04. The number of rotatable bonds is 8. The number of hydrogen-bond acceptors (Lipinski definition) is 3. The predicted molar refractivity (Wildman–Crippen MR) is 78.2 cm³/mol. The Balaban J connectivity index is 2.67. The zero-order valence-corrected chi connectivity index (χ0v) is 12.1. The van der Waals surface area contributed by atoms with Crippen LogP contribution >= 0.6 is 0 Å². The molecule has 1 rings (SSSR count). The van der Waals surface area contributed by atoms with Gasteiger partial charge in [0, 0.05) is 39.0 Å². The lowest BCUT2D eigenvalue weighted by Crippen LogP contribution is -2.29. The molecule has 0 saturated heterocycles. The third-order valence-corrected chi connectivity index (χ3v) is 3.42. The highest BCUT2D eigenvalue weighted by molar-refractivity contribution is 5.53. The number of benzene rings is 1. The Morgan fingerprint density at radius 3 is 2.72 bits per heavy atom. The van der Waals surface area contributed by atoms with Crippen LogP contribution in [0.25, 0.3) is 0 Å². The van der Waals surface area contributed by atoms with Crippen molar-refractivity contribution in [1.29, 1.82) is 0 Å². The zero-order chi connectivity index (χ0) is 13.4. The first-order chi connectivity index (χ1) is 8.70. The van der Waals surface area contributed by atoms with E-state index in [4.69, 9.17) is 4.74 Å². The standard InChI is InChI=1S/C15H26N2O/c1-5-13(2)17(3)15-9-7-6-8-14(15)12-16-10-11-18-4/h6-9,13,16H,5,10-12H2,1-4H3. The molecule has 0 bridgehead atoms. The number of hydrogen-bond donors (Lipinski definition) is 1. The van der Waals surface area contributed by atoms with Gasteiger partial charge in [0.1, 0.15) is 0 Å². The third-order valence-electron chi connectivity index (χ3n) is 3.42. The minimum Gasteiger partial charge on any atom is -0.383 e. The number of methoxy groups -OCH3 is 1. The van der Waals surface area contributed by atoms with Gasteiger partial charge in [0.15, 0.2) is 0 Å². The Hall–Kier alpha value is -1.06. The molecule has 0 fully saturated rings. The van der Waals surface area contributed by atoms with Crippen LogP contribution in [0.5, 0.6) is 0 Å². The molecule has 102 valence electrons. The van der Waals surface area contributed by atoms with Crippen molar-refractivity contribution in [2.45, 2.75) is 32.9 Å². The molecule has 18 heavy (non-hydrogen) atoms. The summed E-state index contributed by atoms with van der Waals surface area (Å²) in [4.78, 5) is 2.35. The molecule has 1 unspecified atom stereocenters. The Kier molecular flexibility index (Phi) is 6.76. The number of ether oxygens (including phenoxy) is 1. The summed E-state index contributed by atoms with van der Waals surface area (Å²) in [6.45, 7) is 7.01. The van der Waals surface area contributed by atoms with Crippen molar-refractivity contribution in [2.24, 2.45) is 0 Å². The molecular weight excluding hydrogens is 224 g/mol. The van der Waals surface area contributed by atoms with Crippen LogP contribution in [0.2, 0.25) is 0 Å². The first kappa shape index (κ1) is 15.0. The Morgan fingerprint density at radius 1 is 1.33 bits per heavy atom. The molecule has 0 saturated carbocycles. The molecule has 3 heteroatoms. The minimum atomic E-state index is 0.560. The summed E-state index contributed by atoms with van der Waals surface area (Å²) >= 11 is 0. The van der Waals surface area contributed by atoms with Gasteiger partial charge < -0.3 is 15.0 Å². The SMILES string of the molecule is CCC(C)N(C)c1ccccc1CNCCOC.